The van der Waals surface area contributed by atoms with Crippen molar-refractivity contribution >= 4 is 46.2 Å². The number of fused-ring (bicyclic) bond motifs is 3. The van der Waals surface area contributed by atoms with E-state index in [-0.39, 0.29) is 31.4 Å². The van der Waals surface area contributed by atoms with Crippen LogP contribution in [0.3, 0.4) is 0 Å². The number of hydrogen-bond donors (Lipinski definition) is 2. The number of amides is 2. The molecule has 0 bridgehead atoms. The van der Waals surface area contributed by atoms with Gasteiger partial charge in [-0.1, -0.05) is 48.5 Å². The minimum absolute atomic E-state index is 0.0372. The summed E-state index contributed by atoms with van der Waals surface area (Å²) in [6.07, 6.45) is 1.24. The summed E-state index contributed by atoms with van der Waals surface area (Å²) >= 11 is 2.72. The third-order valence-corrected chi connectivity index (χ3v) is 7.08. The summed E-state index contributed by atoms with van der Waals surface area (Å²) in [6, 6.07) is 16.2. The molecule has 0 unspecified atom stereocenters. The number of carbonyl (C=O) groups is 3. The molecule has 0 saturated carbocycles. The maximum Gasteiger partial charge on any atom is 0.413 e. The Morgan fingerprint density at radius 2 is 1.77 bits per heavy atom. The molecule has 2 amide bonds. The Balaban J connectivity index is 1.33. The van der Waals surface area contributed by atoms with E-state index >= 15 is 0 Å². The average Bonchev–Trinajstić information content (AvgIpc) is 3.41. The van der Waals surface area contributed by atoms with Crippen molar-refractivity contribution in [2.45, 2.75) is 12.3 Å². The van der Waals surface area contributed by atoms with Crippen LogP contribution in [0.4, 0.5) is 9.93 Å². The molecule has 0 aliphatic heterocycles. The number of thioether (sulfide) groups is 1. The Labute approximate surface area is 211 Å². The molecule has 0 saturated heterocycles. The van der Waals surface area contributed by atoms with Crippen LogP contribution in [-0.2, 0) is 20.7 Å². The lowest BCUT2D eigenvalue weighted by Crippen LogP contribution is -2.38. The van der Waals surface area contributed by atoms with Crippen LogP contribution in [0, 0.1) is 0 Å². The van der Waals surface area contributed by atoms with Gasteiger partial charge in [0, 0.05) is 23.6 Å². The van der Waals surface area contributed by atoms with Crippen molar-refractivity contribution < 1.29 is 24.2 Å². The number of aliphatic carboxylic acids is 1. The van der Waals surface area contributed by atoms with Gasteiger partial charge in [-0.15, -0.1) is 11.3 Å². The zero-order chi connectivity index (χ0) is 24.8. The van der Waals surface area contributed by atoms with Crippen LogP contribution in [0.2, 0.25) is 0 Å². The van der Waals surface area contributed by atoms with Crippen LogP contribution >= 0.6 is 23.1 Å². The van der Waals surface area contributed by atoms with Crippen LogP contribution < -0.4 is 5.32 Å². The second-order valence-corrected chi connectivity index (χ2v) is 9.82. The van der Waals surface area contributed by atoms with E-state index in [1.807, 2.05) is 30.5 Å². The lowest BCUT2D eigenvalue weighted by atomic mass is 9.98. The SMILES string of the molecule is CSCCN(CC(=O)O)C(=O)Cc1csc(NC(=O)OCC2c3ccccc3-c3ccccc32)n1. The number of nitrogens with zero attached hydrogens (tertiary/aromatic N) is 2. The number of nitrogens with one attached hydrogen (secondary N) is 1. The summed E-state index contributed by atoms with van der Waals surface area (Å²) in [4.78, 5) is 41.7. The Bertz CT molecular complexity index is 1180. The van der Waals surface area contributed by atoms with Crippen molar-refractivity contribution in [2.75, 3.05) is 37.0 Å². The maximum absolute atomic E-state index is 12.5. The summed E-state index contributed by atoms with van der Waals surface area (Å²) in [7, 11) is 0. The topological polar surface area (TPSA) is 109 Å². The maximum atomic E-state index is 12.5. The van der Waals surface area contributed by atoms with E-state index in [0.717, 1.165) is 22.3 Å². The zero-order valence-electron chi connectivity index (χ0n) is 19.1. The molecule has 1 heterocycles. The molecule has 2 N–H and O–H groups in total. The Hall–Kier alpha value is -3.37. The molecule has 0 radical (unpaired) electrons. The molecule has 1 aliphatic rings. The molecular weight excluding hydrogens is 486 g/mol. The minimum Gasteiger partial charge on any atom is -0.480 e. The van der Waals surface area contributed by atoms with Gasteiger partial charge in [0.25, 0.3) is 0 Å². The first-order chi connectivity index (χ1) is 17.0. The third kappa shape index (κ3) is 6.01. The second-order valence-electron chi connectivity index (χ2n) is 7.97. The van der Waals surface area contributed by atoms with Gasteiger partial charge in [-0.2, -0.15) is 11.8 Å². The molecular formula is C25H25N3O5S2. The van der Waals surface area contributed by atoms with Crippen LogP contribution in [0.1, 0.15) is 22.7 Å². The lowest BCUT2D eigenvalue weighted by Gasteiger charge is -2.19. The van der Waals surface area contributed by atoms with Gasteiger partial charge >= 0.3 is 12.1 Å². The normalized spacial score (nSPS) is 12.0. The van der Waals surface area contributed by atoms with Crippen LogP contribution in [0.5, 0.6) is 0 Å². The third-order valence-electron chi connectivity index (χ3n) is 5.68. The first kappa shape index (κ1) is 24.7. The molecule has 10 heteroatoms. The highest BCUT2D eigenvalue weighted by molar-refractivity contribution is 7.98. The second kappa shape index (κ2) is 11.4. The molecule has 2 aromatic carbocycles. The molecule has 1 aliphatic carbocycles. The van der Waals surface area contributed by atoms with E-state index < -0.39 is 12.1 Å². The smallest absolute Gasteiger partial charge is 0.413 e. The fraction of sp³-hybridized carbons (Fsp3) is 0.280. The Morgan fingerprint density at radius 1 is 1.11 bits per heavy atom. The van der Waals surface area contributed by atoms with Crippen molar-refractivity contribution in [3.8, 4) is 11.1 Å². The highest BCUT2D eigenvalue weighted by Gasteiger charge is 2.29. The van der Waals surface area contributed by atoms with Gasteiger partial charge in [-0.05, 0) is 28.5 Å². The first-order valence-corrected chi connectivity index (χ1v) is 13.3. The van der Waals surface area contributed by atoms with Crippen LogP contribution in [0.15, 0.2) is 53.9 Å². The summed E-state index contributed by atoms with van der Waals surface area (Å²) in [5.41, 5.74) is 5.03. The van der Waals surface area contributed by atoms with E-state index in [1.165, 1.54) is 28.0 Å². The number of ether oxygens (including phenoxy) is 1. The number of anilines is 1. The number of carboxylic acids is 1. The van der Waals surface area contributed by atoms with Gasteiger partial charge in [-0.3, -0.25) is 14.9 Å². The highest BCUT2D eigenvalue weighted by Crippen LogP contribution is 2.44. The van der Waals surface area contributed by atoms with Gasteiger partial charge < -0.3 is 14.7 Å². The number of thiazole rings is 1. The fourth-order valence-corrected chi connectivity index (χ4v) is 5.19. The van der Waals surface area contributed by atoms with Crippen molar-refractivity contribution in [3.63, 3.8) is 0 Å². The predicted molar refractivity (Wildman–Crippen MR) is 137 cm³/mol. The zero-order valence-corrected chi connectivity index (χ0v) is 20.7. The van der Waals surface area contributed by atoms with Crippen molar-refractivity contribution in [2.24, 2.45) is 0 Å². The monoisotopic (exact) mass is 511 g/mol. The quantitative estimate of drug-likeness (QED) is 0.417. The summed E-state index contributed by atoms with van der Waals surface area (Å²) in [5.74, 6) is -0.779. The van der Waals surface area contributed by atoms with Gasteiger partial charge in [0.2, 0.25) is 5.91 Å². The van der Waals surface area contributed by atoms with Crippen LogP contribution in [-0.4, -0.2) is 64.7 Å². The average molecular weight is 512 g/mol. The number of benzene rings is 2. The van der Waals surface area contributed by atoms with Crippen LogP contribution in [0.25, 0.3) is 11.1 Å². The van der Waals surface area contributed by atoms with Gasteiger partial charge in [0.05, 0.1) is 12.1 Å². The van der Waals surface area contributed by atoms with E-state index in [1.54, 1.807) is 5.38 Å². The number of hydrogen-bond acceptors (Lipinski definition) is 7. The summed E-state index contributed by atoms with van der Waals surface area (Å²) in [5, 5.41) is 13.7. The van der Waals surface area contributed by atoms with Gasteiger partial charge in [-0.25, -0.2) is 9.78 Å². The molecule has 0 fully saturated rings. The molecule has 1 aromatic heterocycles. The Morgan fingerprint density at radius 3 is 2.40 bits per heavy atom. The molecule has 182 valence electrons. The summed E-state index contributed by atoms with van der Waals surface area (Å²) < 4.78 is 5.53. The van der Waals surface area contributed by atoms with E-state index in [9.17, 15) is 14.4 Å². The van der Waals surface area contributed by atoms with Crippen molar-refractivity contribution in [3.05, 3.63) is 70.7 Å². The highest BCUT2D eigenvalue weighted by atomic mass is 32.2. The largest absolute Gasteiger partial charge is 0.480 e. The van der Waals surface area contributed by atoms with Gasteiger partial charge in [0.1, 0.15) is 13.2 Å². The molecule has 3 aromatic rings. The molecule has 35 heavy (non-hydrogen) atoms. The lowest BCUT2D eigenvalue weighted by molar-refractivity contribution is -0.144. The molecule has 0 spiro atoms. The number of aromatic nitrogens is 1. The van der Waals surface area contributed by atoms with Crippen molar-refractivity contribution in [1.82, 2.24) is 9.88 Å². The van der Waals surface area contributed by atoms with E-state index in [2.05, 4.69) is 34.6 Å². The minimum atomic E-state index is -1.06. The number of rotatable bonds is 10. The fourth-order valence-electron chi connectivity index (χ4n) is 4.09. The summed E-state index contributed by atoms with van der Waals surface area (Å²) in [6.45, 7) is 0.186. The molecule has 8 nitrogen and oxygen atoms in total. The predicted octanol–water partition coefficient (Wildman–Crippen LogP) is 4.32. The molecule has 4 rings (SSSR count). The van der Waals surface area contributed by atoms with Gasteiger partial charge in [0.15, 0.2) is 5.13 Å². The standard InChI is InChI=1S/C25H25N3O5S2/c1-34-11-10-28(13-23(30)31)22(29)12-16-15-35-24(26-16)27-25(32)33-14-21-19-8-4-2-6-17(19)18-7-3-5-9-20(18)21/h2-9,15,21H,10-14H2,1H3,(H,30,31)(H,26,27,32). The van der Waals surface area contributed by atoms with Crippen molar-refractivity contribution in [1.29, 1.82) is 0 Å². The first-order valence-electron chi connectivity index (χ1n) is 11.0. The van der Waals surface area contributed by atoms with E-state index in [4.69, 9.17) is 9.84 Å². The Kier molecular flexibility index (Phi) is 8.04. The van der Waals surface area contributed by atoms with E-state index in [0.29, 0.717) is 23.1 Å². The number of carboxylic acid groups (broad SMARTS) is 1. The number of carbonyl (C=O) groups excluding carboxylic acids is 2. The molecule has 0 atom stereocenters.